The summed E-state index contributed by atoms with van der Waals surface area (Å²) >= 11 is 1.10. The van der Waals surface area contributed by atoms with E-state index in [4.69, 9.17) is 5.11 Å². The molecule has 0 saturated carbocycles. The van der Waals surface area contributed by atoms with Crippen LogP contribution in [0.2, 0.25) is 0 Å². The van der Waals surface area contributed by atoms with Crippen molar-refractivity contribution in [3.05, 3.63) is 29.7 Å². The summed E-state index contributed by atoms with van der Waals surface area (Å²) in [5, 5.41) is 8.95. The maximum Gasteiger partial charge on any atom is 0.253 e. The lowest BCUT2D eigenvalue weighted by molar-refractivity contribution is 0.285. The van der Waals surface area contributed by atoms with Crippen LogP contribution >= 0.6 is 11.3 Å². The van der Waals surface area contributed by atoms with E-state index in [1.54, 1.807) is 12.1 Å². The van der Waals surface area contributed by atoms with Gasteiger partial charge in [0.2, 0.25) is 0 Å². The Labute approximate surface area is 106 Å². The highest BCUT2D eigenvalue weighted by Gasteiger charge is 2.27. The average molecular weight is 275 g/mol. The third-order valence-electron chi connectivity index (χ3n) is 2.24. The Balaban J connectivity index is 3.11. The van der Waals surface area contributed by atoms with Gasteiger partial charge in [-0.1, -0.05) is 6.08 Å². The van der Waals surface area contributed by atoms with Gasteiger partial charge in [-0.2, -0.15) is 4.31 Å². The predicted molar refractivity (Wildman–Crippen MR) is 69.5 cm³/mol. The molecule has 0 aliphatic heterocycles. The van der Waals surface area contributed by atoms with Gasteiger partial charge in [0, 0.05) is 17.5 Å². The van der Waals surface area contributed by atoms with Crippen LogP contribution in [0, 0.1) is 0 Å². The summed E-state index contributed by atoms with van der Waals surface area (Å²) in [6, 6.07) is 3.03. The summed E-state index contributed by atoms with van der Waals surface area (Å²) in [5.74, 6) is 0. The average Bonchev–Trinajstić information content (AvgIpc) is 2.74. The zero-order chi connectivity index (χ0) is 13.1. The Hall–Kier alpha value is -0.690. The van der Waals surface area contributed by atoms with E-state index in [0.29, 0.717) is 4.88 Å². The van der Waals surface area contributed by atoms with Gasteiger partial charge in [0.1, 0.15) is 4.21 Å². The lowest BCUT2D eigenvalue weighted by Crippen LogP contribution is -2.36. The molecule has 0 atom stereocenters. The van der Waals surface area contributed by atoms with Gasteiger partial charge in [-0.05, 0) is 26.0 Å². The van der Waals surface area contributed by atoms with Gasteiger partial charge in [-0.15, -0.1) is 17.9 Å². The van der Waals surface area contributed by atoms with E-state index in [0.717, 1.165) is 11.3 Å². The minimum atomic E-state index is -3.48. The number of hydrogen-bond acceptors (Lipinski definition) is 4. The summed E-state index contributed by atoms with van der Waals surface area (Å²) in [5.41, 5.74) is 0. The van der Waals surface area contributed by atoms with Gasteiger partial charge in [-0.25, -0.2) is 8.42 Å². The quantitative estimate of drug-likeness (QED) is 0.806. The fourth-order valence-electron chi connectivity index (χ4n) is 1.41. The Kier molecular flexibility index (Phi) is 4.88. The molecular weight excluding hydrogens is 258 g/mol. The van der Waals surface area contributed by atoms with Crippen LogP contribution in [-0.4, -0.2) is 30.4 Å². The fraction of sp³-hybridized carbons (Fsp3) is 0.455. The summed E-state index contributed by atoms with van der Waals surface area (Å²) in [4.78, 5) is 0.644. The molecule has 0 bridgehead atoms. The van der Waals surface area contributed by atoms with Crippen molar-refractivity contribution in [2.75, 3.05) is 6.54 Å². The van der Waals surface area contributed by atoms with Crippen LogP contribution in [0.15, 0.2) is 29.0 Å². The van der Waals surface area contributed by atoms with Crippen molar-refractivity contribution in [2.45, 2.75) is 30.7 Å². The monoisotopic (exact) mass is 275 g/mol. The number of sulfonamides is 1. The third kappa shape index (κ3) is 3.16. The van der Waals surface area contributed by atoms with Gasteiger partial charge < -0.3 is 5.11 Å². The number of rotatable bonds is 6. The molecule has 4 nitrogen and oxygen atoms in total. The molecule has 6 heteroatoms. The molecule has 0 radical (unpaired) electrons. The molecule has 0 aromatic carbocycles. The molecule has 1 aromatic heterocycles. The number of hydrogen-bond donors (Lipinski definition) is 1. The van der Waals surface area contributed by atoms with Gasteiger partial charge in [0.05, 0.1) is 6.61 Å². The number of aliphatic hydroxyl groups is 1. The molecule has 96 valence electrons. The molecule has 0 aliphatic rings. The zero-order valence-electron chi connectivity index (χ0n) is 9.96. The lowest BCUT2D eigenvalue weighted by atomic mass is 10.4. The van der Waals surface area contributed by atoms with Crippen LogP contribution in [0.25, 0.3) is 0 Å². The molecule has 0 amide bonds. The molecule has 0 spiro atoms. The second kappa shape index (κ2) is 5.77. The van der Waals surface area contributed by atoms with Crippen molar-refractivity contribution in [1.29, 1.82) is 0 Å². The normalized spacial score (nSPS) is 12.3. The van der Waals surface area contributed by atoms with E-state index in [1.807, 2.05) is 13.8 Å². The molecule has 17 heavy (non-hydrogen) atoms. The molecule has 1 rings (SSSR count). The second-order valence-corrected chi connectivity index (χ2v) is 7.12. The minimum absolute atomic E-state index is 0.127. The van der Waals surface area contributed by atoms with E-state index in [1.165, 1.54) is 10.4 Å². The van der Waals surface area contributed by atoms with Crippen molar-refractivity contribution in [3.63, 3.8) is 0 Å². The SMILES string of the molecule is C=CCN(C(C)C)S(=O)(=O)c1ccc(CO)s1. The van der Waals surface area contributed by atoms with E-state index < -0.39 is 10.0 Å². The minimum Gasteiger partial charge on any atom is -0.391 e. The molecule has 0 unspecified atom stereocenters. The van der Waals surface area contributed by atoms with Crippen molar-refractivity contribution >= 4 is 21.4 Å². The first-order valence-electron chi connectivity index (χ1n) is 5.25. The molecule has 0 aliphatic carbocycles. The Morgan fingerprint density at radius 2 is 2.18 bits per heavy atom. The first-order chi connectivity index (χ1) is 7.93. The molecule has 0 saturated heterocycles. The summed E-state index contributed by atoms with van der Waals surface area (Å²) < 4.78 is 26.2. The predicted octanol–water partition coefficient (Wildman–Crippen LogP) is 1.83. The van der Waals surface area contributed by atoms with Crippen LogP contribution in [0.1, 0.15) is 18.7 Å². The van der Waals surface area contributed by atoms with Crippen molar-refractivity contribution < 1.29 is 13.5 Å². The number of thiophene rings is 1. The van der Waals surface area contributed by atoms with Crippen LogP contribution in [0.3, 0.4) is 0 Å². The molecule has 1 heterocycles. The second-order valence-electron chi connectivity index (χ2n) is 3.84. The standard InChI is InChI=1S/C11H17NO3S2/c1-4-7-12(9(2)3)17(14,15)11-6-5-10(8-13)16-11/h4-6,9,13H,1,7-8H2,2-3H3. The fourth-order valence-corrected chi connectivity index (χ4v) is 4.36. The van der Waals surface area contributed by atoms with Crippen LogP contribution in [0.5, 0.6) is 0 Å². The van der Waals surface area contributed by atoms with Gasteiger partial charge in [0.15, 0.2) is 0 Å². The molecule has 0 fully saturated rings. The largest absolute Gasteiger partial charge is 0.391 e. The maximum absolute atomic E-state index is 12.3. The summed E-state index contributed by atoms with van der Waals surface area (Å²) in [6.07, 6.45) is 1.57. The van der Waals surface area contributed by atoms with Gasteiger partial charge in [-0.3, -0.25) is 0 Å². The van der Waals surface area contributed by atoms with E-state index in [2.05, 4.69) is 6.58 Å². The van der Waals surface area contributed by atoms with E-state index in [-0.39, 0.29) is 23.4 Å². The van der Waals surface area contributed by atoms with Gasteiger partial charge in [0.25, 0.3) is 10.0 Å². The molecule has 1 N–H and O–H groups in total. The summed E-state index contributed by atoms with van der Waals surface area (Å²) in [6.45, 7) is 7.36. The first-order valence-corrected chi connectivity index (χ1v) is 7.51. The maximum atomic E-state index is 12.3. The van der Waals surface area contributed by atoms with Crippen LogP contribution < -0.4 is 0 Å². The summed E-state index contributed by atoms with van der Waals surface area (Å²) in [7, 11) is -3.48. The highest BCUT2D eigenvalue weighted by molar-refractivity contribution is 7.91. The smallest absolute Gasteiger partial charge is 0.253 e. The zero-order valence-corrected chi connectivity index (χ0v) is 11.6. The Morgan fingerprint density at radius 3 is 2.59 bits per heavy atom. The van der Waals surface area contributed by atoms with Crippen molar-refractivity contribution in [2.24, 2.45) is 0 Å². The van der Waals surface area contributed by atoms with Crippen molar-refractivity contribution in [3.8, 4) is 0 Å². The number of aliphatic hydroxyl groups excluding tert-OH is 1. The van der Waals surface area contributed by atoms with E-state index in [9.17, 15) is 8.42 Å². The molecular formula is C11H17NO3S2. The lowest BCUT2D eigenvalue weighted by Gasteiger charge is -2.23. The number of nitrogens with zero attached hydrogens (tertiary/aromatic N) is 1. The van der Waals surface area contributed by atoms with Crippen LogP contribution in [0.4, 0.5) is 0 Å². The van der Waals surface area contributed by atoms with E-state index >= 15 is 0 Å². The van der Waals surface area contributed by atoms with Crippen molar-refractivity contribution in [1.82, 2.24) is 4.31 Å². The van der Waals surface area contributed by atoms with Gasteiger partial charge >= 0.3 is 0 Å². The molecule has 1 aromatic rings. The highest BCUT2D eigenvalue weighted by atomic mass is 32.2. The Bertz CT molecular complexity index is 477. The third-order valence-corrected chi connectivity index (χ3v) is 5.82. The van der Waals surface area contributed by atoms with Crippen LogP contribution in [-0.2, 0) is 16.6 Å². The highest BCUT2D eigenvalue weighted by Crippen LogP contribution is 2.26. The topological polar surface area (TPSA) is 57.6 Å². The Morgan fingerprint density at radius 1 is 1.53 bits per heavy atom. The first kappa shape index (κ1) is 14.4.